The lowest BCUT2D eigenvalue weighted by Crippen LogP contribution is -2.44. The summed E-state index contributed by atoms with van der Waals surface area (Å²) in [5, 5.41) is 2.27. The van der Waals surface area contributed by atoms with Gasteiger partial charge in [-0.25, -0.2) is 17.5 Å². The topological polar surface area (TPSA) is 148 Å². The lowest BCUT2D eigenvalue weighted by molar-refractivity contribution is 0.0788. The Morgan fingerprint density at radius 3 is 2.60 bits per heavy atom. The number of ether oxygens (including phenoxy) is 1. The first-order chi connectivity index (χ1) is 16.3. The zero-order chi connectivity index (χ0) is 26.0. The third kappa shape index (κ3) is 6.78. The van der Waals surface area contributed by atoms with Crippen molar-refractivity contribution in [2.45, 2.75) is 45.5 Å². The third-order valence-corrected chi connectivity index (χ3v) is 9.34. The smallest absolute Gasteiger partial charge is 0.304 e. The maximum atomic E-state index is 13.7. The van der Waals surface area contributed by atoms with Crippen molar-refractivity contribution in [2.24, 2.45) is 0 Å². The van der Waals surface area contributed by atoms with E-state index in [-0.39, 0.29) is 49.4 Å². The summed E-state index contributed by atoms with van der Waals surface area (Å²) in [6, 6.07) is 2.83. The van der Waals surface area contributed by atoms with Crippen molar-refractivity contribution in [3.63, 3.8) is 0 Å². The Hall–Kier alpha value is -2.55. The monoisotopic (exact) mass is 532 g/mol. The Morgan fingerprint density at radius 2 is 1.91 bits per heavy atom. The van der Waals surface area contributed by atoms with Crippen molar-refractivity contribution in [1.82, 2.24) is 14.0 Å². The highest BCUT2D eigenvalue weighted by Gasteiger charge is 2.31. The fraction of sp³-hybridized carbons (Fsp3) is 0.524. The molecule has 1 amide bonds. The molecule has 2 heterocycles. The number of oxazole rings is 1. The largest absolute Gasteiger partial charge is 0.431 e. The second-order valence-corrected chi connectivity index (χ2v) is 12.8. The minimum absolute atomic E-state index is 0.0121. The fourth-order valence-electron chi connectivity index (χ4n) is 3.33. The van der Waals surface area contributed by atoms with E-state index in [1.165, 1.54) is 6.07 Å². The molecule has 3 rings (SSSR count). The third-order valence-electron chi connectivity index (χ3n) is 5.58. The van der Waals surface area contributed by atoms with Gasteiger partial charge >= 0.3 is 10.2 Å². The van der Waals surface area contributed by atoms with Crippen LogP contribution in [0.15, 0.2) is 22.8 Å². The van der Waals surface area contributed by atoms with Crippen molar-refractivity contribution in [3.8, 4) is 0 Å². The molecule has 0 bridgehead atoms. The number of halogens is 1. The number of nitrogens with zero attached hydrogens (tertiary/aromatic N) is 2. The van der Waals surface area contributed by atoms with E-state index in [1.54, 1.807) is 33.8 Å². The van der Waals surface area contributed by atoms with Crippen LogP contribution in [0.25, 0.3) is 0 Å². The summed E-state index contributed by atoms with van der Waals surface area (Å²) in [5.41, 5.74) is 1.23. The average molecular weight is 533 g/mol. The quantitative estimate of drug-likeness (QED) is 0.521. The van der Waals surface area contributed by atoms with Gasteiger partial charge in [0.1, 0.15) is 12.1 Å². The molecule has 35 heavy (non-hydrogen) atoms. The number of anilines is 2. The Labute approximate surface area is 204 Å². The lowest BCUT2D eigenvalue weighted by atomic mass is 10.1. The fourth-order valence-corrected chi connectivity index (χ4v) is 5.62. The van der Waals surface area contributed by atoms with Crippen LogP contribution in [-0.2, 0) is 24.8 Å². The van der Waals surface area contributed by atoms with Crippen LogP contribution in [-0.4, -0.2) is 68.8 Å². The Kier molecular flexibility index (Phi) is 8.19. The molecule has 1 atom stereocenters. The van der Waals surface area contributed by atoms with Crippen LogP contribution in [0.2, 0.25) is 0 Å². The van der Waals surface area contributed by atoms with E-state index in [4.69, 9.17) is 9.15 Å². The van der Waals surface area contributed by atoms with Crippen LogP contribution in [0.4, 0.5) is 16.1 Å². The summed E-state index contributed by atoms with van der Waals surface area (Å²) in [6.07, 6.45) is 0.522. The molecule has 2 N–H and O–H groups in total. The zero-order valence-corrected chi connectivity index (χ0v) is 21.5. The zero-order valence-electron chi connectivity index (χ0n) is 19.9. The lowest BCUT2D eigenvalue weighted by Gasteiger charge is -2.19. The maximum absolute atomic E-state index is 13.7. The summed E-state index contributed by atoms with van der Waals surface area (Å²) in [4.78, 5) is 16.5. The van der Waals surface area contributed by atoms with Crippen LogP contribution < -0.4 is 10.0 Å². The Bertz CT molecular complexity index is 1290. The molecule has 0 spiro atoms. The normalized spacial score (nSPS) is 17.8. The molecular formula is C21H29FN4O7S2. The number of nitrogens with one attached hydrogen (secondary N) is 2. The summed E-state index contributed by atoms with van der Waals surface area (Å²) < 4.78 is 77.2. The van der Waals surface area contributed by atoms with Crippen molar-refractivity contribution in [3.05, 3.63) is 41.0 Å². The van der Waals surface area contributed by atoms with Gasteiger partial charge < -0.3 is 14.5 Å². The summed E-state index contributed by atoms with van der Waals surface area (Å²) >= 11 is 0. The van der Waals surface area contributed by atoms with Gasteiger partial charge in [-0.2, -0.15) is 17.7 Å². The average Bonchev–Trinajstić information content (AvgIpc) is 3.09. The van der Waals surface area contributed by atoms with Crippen molar-refractivity contribution in [2.75, 3.05) is 30.8 Å². The molecule has 14 heteroatoms. The molecular weight excluding hydrogens is 503 g/mol. The van der Waals surface area contributed by atoms with Crippen molar-refractivity contribution >= 4 is 37.7 Å². The van der Waals surface area contributed by atoms with Gasteiger partial charge in [0, 0.05) is 18.8 Å². The molecule has 1 aromatic heterocycles. The number of rotatable bonds is 8. The number of aryl methyl sites for hydroxylation is 2. The van der Waals surface area contributed by atoms with Crippen LogP contribution in [0.1, 0.15) is 41.9 Å². The van der Waals surface area contributed by atoms with Crippen molar-refractivity contribution in [1.29, 1.82) is 0 Å². The van der Waals surface area contributed by atoms with Gasteiger partial charge in [-0.3, -0.25) is 4.79 Å². The first-order valence-electron chi connectivity index (χ1n) is 10.9. The predicted octanol–water partition coefficient (Wildman–Crippen LogP) is 2.06. The molecule has 1 unspecified atom stereocenters. The van der Waals surface area contributed by atoms with Gasteiger partial charge in [0.2, 0.25) is 0 Å². The van der Waals surface area contributed by atoms with Crippen LogP contribution in [0, 0.1) is 19.7 Å². The number of hydrogen-bond acceptors (Lipinski definition) is 9. The number of aromatic nitrogens is 1. The molecule has 0 radical (unpaired) electrons. The molecule has 194 valence electrons. The van der Waals surface area contributed by atoms with Gasteiger partial charge in [0.05, 0.1) is 23.7 Å². The molecule has 11 nitrogen and oxygen atoms in total. The molecule has 1 aromatic carbocycles. The predicted molar refractivity (Wildman–Crippen MR) is 127 cm³/mol. The number of carbonyl (C=O) groups is 1. The second kappa shape index (κ2) is 10.6. The van der Waals surface area contributed by atoms with Gasteiger partial charge in [0.25, 0.3) is 11.9 Å². The van der Waals surface area contributed by atoms with Gasteiger partial charge in [-0.15, -0.1) is 0 Å². The Balaban J connectivity index is 1.63. The summed E-state index contributed by atoms with van der Waals surface area (Å²) in [5.74, 6) is -1.57. The number of sulfone groups is 1. The summed E-state index contributed by atoms with van der Waals surface area (Å²) in [6.45, 7) is 6.35. The van der Waals surface area contributed by atoms with E-state index in [9.17, 15) is 26.0 Å². The van der Waals surface area contributed by atoms with Gasteiger partial charge in [-0.1, -0.05) is 0 Å². The minimum atomic E-state index is -4.24. The van der Waals surface area contributed by atoms with E-state index < -0.39 is 37.3 Å². The maximum Gasteiger partial charge on any atom is 0.304 e. The number of carbonyl (C=O) groups excluding carboxylic acids is 1. The molecule has 0 aliphatic carbocycles. The van der Waals surface area contributed by atoms with E-state index in [0.29, 0.717) is 16.8 Å². The van der Waals surface area contributed by atoms with E-state index >= 15 is 0 Å². The molecule has 1 aliphatic heterocycles. The molecule has 1 saturated heterocycles. The molecule has 2 aromatic rings. The number of hydrogen-bond donors (Lipinski definition) is 2. The van der Waals surface area contributed by atoms with Gasteiger partial charge in [0.15, 0.2) is 15.5 Å². The first-order valence-corrected chi connectivity index (χ1v) is 14.1. The standard InChI is InChI=1S/C21H29FN4O7S2/c1-13(2)34(28,29)12-16-5-6-26(7-8-32-16)35(30,31)25-20(27)19-11-33-21(24-19)23-18-10-14(3)17(22)9-15(18)4/h9-11,13,16H,5-8,12H2,1-4H3,(H,23,24)(H,25,27). The highest BCUT2D eigenvalue weighted by atomic mass is 32.2. The van der Waals surface area contributed by atoms with Crippen molar-refractivity contribution < 1.29 is 35.2 Å². The van der Waals surface area contributed by atoms with Gasteiger partial charge in [-0.05, 0) is 57.4 Å². The highest BCUT2D eigenvalue weighted by molar-refractivity contribution is 7.92. The van der Waals surface area contributed by atoms with E-state index in [1.807, 2.05) is 4.72 Å². The SMILES string of the molecule is Cc1cc(Nc2nc(C(=O)NS(=O)(=O)N3CCOC(CS(=O)(=O)C(C)C)CC3)co2)c(C)cc1F. The molecule has 1 fully saturated rings. The highest BCUT2D eigenvalue weighted by Crippen LogP contribution is 2.23. The minimum Gasteiger partial charge on any atom is -0.431 e. The van der Waals surface area contributed by atoms with Crippen LogP contribution in [0.3, 0.4) is 0 Å². The molecule has 0 saturated carbocycles. The molecule has 1 aliphatic rings. The number of amides is 1. The second-order valence-electron chi connectivity index (χ2n) is 8.57. The first kappa shape index (κ1) is 27.0. The Morgan fingerprint density at radius 1 is 1.20 bits per heavy atom. The van der Waals surface area contributed by atoms with Crippen LogP contribution >= 0.6 is 0 Å². The summed E-state index contributed by atoms with van der Waals surface area (Å²) in [7, 11) is -7.60. The van der Waals surface area contributed by atoms with E-state index in [2.05, 4.69) is 10.3 Å². The van der Waals surface area contributed by atoms with E-state index in [0.717, 1.165) is 10.6 Å². The number of benzene rings is 1. The van der Waals surface area contributed by atoms with Crippen LogP contribution in [0.5, 0.6) is 0 Å².